The number of anilines is 1. The van der Waals surface area contributed by atoms with Crippen molar-refractivity contribution in [2.24, 2.45) is 11.8 Å². The van der Waals surface area contributed by atoms with Crippen LogP contribution in [0.25, 0.3) is 0 Å². The monoisotopic (exact) mass is 248 g/mol. The highest BCUT2D eigenvalue weighted by molar-refractivity contribution is 5.78. The predicted octanol–water partition coefficient (Wildman–Crippen LogP) is 1.76. The van der Waals surface area contributed by atoms with Crippen LogP contribution in [-0.2, 0) is 4.79 Å². The molecule has 2 atom stereocenters. The van der Waals surface area contributed by atoms with Gasteiger partial charge in [0.2, 0.25) is 0 Å². The Morgan fingerprint density at radius 2 is 2.06 bits per heavy atom. The van der Waals surface area contributed by atoms with Gasteiger partial charge < -0.3 is 15.4 Å². The number of nitrogen functional groups attached to an aromatic ring is 1. The molecule has 4 heteroatoms. The highest BCUT2D eigenvalue weighted by Gasteiger charge is 2.29. The van der Waals surface area contributed by atoms with E-state index in [4.69, 9.17) is 10.5 Å². The van der Waals surface area contributed by atoms with Crippen molar-refractivity contribution in [2.75, 3.05) is 25.4 Å². The van der Waals surface area contributed by atoms with Gasteiger partial charge in [-0.3, -0.25) is 4.79 Å². The summed E-state index contributed by atoms with van der Waals surface area (Å²) in [5.74, 6) is 1.83. The zero-order valence-electron chi connectivity index (χ0n) is 10.9. The number of nitrogens with two attached hydrogens (primary N) is 1. The topological polar surface area (TPSA) is 55.6 Å². The Bertz CT molecular complexity index is 424. The van der Waals surface area contributed by atoms with Crippen LogP contribution in [0.2, 0.25) is 0 Å². The van der Waals surface area contributed by atoms with Gasteiger partial charge in [-0.05, 0) is 24.0 Å². The van der Waals surface area contributed by atoms with E-state index in [-0.39, 0.29) is 12.5 Å². The largest absolute Gasteiger partial charge is 0.484 e. The summed E-state index contributed by atoms with van der Waals surface area (Å²) in [6, 6.07) is 7.13. The van der Waals surface area contributed by atoms with E-state index in [0.717, 1.165) is 13.1 Å². The number of ether oxygens (including phenoxy) is 1. The van der Waals surface area contributed by atoms with E-state index < -0.39 is 0 Å². The molecule has 1 aliphatic rings. The number of benzene rings is 1. The van der Waals surface area contributed by atoms with Gasteiger partial charge in [-0.25, -0.2) is 0 Å². The molecule has 1 heterocycles. The minimum Gasteiger partial charge on any atom is -0.484 e. The highest BCUT2D eigenvalue weighted by atomic mass is 16.5. The van der Waals surface area contributed by atoms with Crippen LogP contribution >= 0.6 is 0 Å². The van der Waals surface area contributed by atoms with E-state index in [0.29, 0.717) is 23.3 Å². The van der Waals surface area contributed by atoms with E-state index in [9.17, 15) is 4.79 Å². The maximum absolute atomic E-state index is 12.0. The van der Waals surface area contributed by atoms with Crippen LogP contribution in [0.4, 0.5) is 5.69 Å². The lowest BCUT2D eigenvalue weighted by molar-refractivity contribution is -0.132. The van der Waals surface area contributed by atoms with Crippen molar-refractivity contribution >= 4 is 11.6 Å². The Hall–Kier alpha value is -1.71. The summed E-state index contributed by atoms with van der Waals surface area (Å²) in [5.41, 5.74) is 6.29. The van der Waals surface area contributed by atoms with Crippen LogP contribution in [0.3, 0.4) is 0 Å². The number of hydrogen-bond donors (Lipinski definition) is 1. The van der Waals surface area contributed by atoms with Crippen molar-refractivity contribution in [2.45, 2.75) is 13.8 Å². The first-order valence-electron chi connectivity index (χ1n) is 6.32. The first kappa shape index (κ1) is 12.7. The molecule has 1 amide bonds. The third-order valence-corrected chi connectivity index (χ3v) is 3.56. The zero-order chi connectivity index (χ0) is 13.1. The summed E-state index contributed by atoms with van der Waals surface area (Å²) in [4.78, 5) is 13.8. The van der Waals surface area contributed by atoms with Gasteiger partial charge in [-0.15, -0.1) is 0 Å². The molecule has 98 valence electrons. The van der Waals surface area contributed by atoms with Gasteiger partial charge in [0.1, 0.15) is 5.75 Å². The number of nitrogens with zero attached hydrogens (tertiary/aromatic N) is 1. The van der Waals surface area contributed by atoms with Gasteiger partial charge in [0.25, 0.3) is 5.91 Å². The van der Waals surface area contributed by atoms with Crippen molar-refractivity contribution < 1.29 is 9.53 Å². The van der Waals surface area contributed by atoms with Crippen LogP contribution in [0.1, 0.15) is 13.8 Å². The van der Waals surface area contributed by atoms with Crippen LogP contribution in [0, 0.1) is 11.8 Å². The molecule has 1 aliphatic heterocycles. The van der Waals surface area contributed by atoms with Gasteiger partial charge in [-0.1, -0.05) is 19.9 Å². The molecule has 0 aromatic heterocycles. The number of carbonyl (C=O) groups is 1. The molecule has 1 saturated heterocycles. The van der Waals surface area contributed by atoms with Crippen LogP contribution < -0.4 is 10.5 Å². The molecule has 2 rings (SSSR count). The van der Waals surface area contributed by atoms with E-state index in [2.05, 4.69) is 13.8 Å². The molecule has 4 nitrogen and oxygen atoms in total. The van der Waals surface area contributed by atoms with Gasteiger partial charge in [-0.2, -0.15) is 0 Å². The third kappa shape index (κ3) is 2.94. The van der Waals surface area contributed by atoms with Crippen molar-refractivity contribution in [1.82, 2.24) is 4.90 Å². The summed E-state index contributed by atoms with van der Waals surface area (Å²) in [7, 11) is 0. The molecule has 1 aromatic rings. The number of carbonyl (C=O) groups excluding carboxylic acids is 1. The number of likely N-dealkylation sites (tertiary alicyclic amines) is 1. The average molecular weight is 248 g/mol. The fourth-order valence-corrected chi connectivity index (χ4v) is 2.17. The number of hydrogen-bond acceptors (Lipinski definition) is 3. The molecule has 0 saturated carbocycles. The maximum atomic E-state index is 12.0. The molecule has 18 heavy (non-hydrogen) atoms. The Morgan fingerprint density at radius 1 is 1.39 bits per heavy atom. The molecule has 0 bridgehead atoms. The van der Waals surface area contributed by atoms with E-state index in [1.807, 2.05) is 11.0 Å². The lowest BCUT2D eigenvalue weighted by atomic mass is 10.0. The second-order valence-electron chi connectivity index (χ2n) is 5.11. The number of rotatable bonds is 3. The minimum atomic E-state index is 0.0497. The second-order valence-corrected chi connectivity index (χ2v) is 5.11. The van der Waals surface area contributed by atoms with Crippen molar-refractivity contribution in [3.8, 4) is 5.75 Å². The summed E-state index contributed by atoms with van der Waals surface area (Å²) < 4.78 is 5.46. The summed E-state index contributed by atoms with van der Waals surface area (Å²) in [5, 5.41) is 0. The lowest BCUT2D eigenvalue weighted by Crippen LogP contribution is -2.33. The molecule has 2 N–H and O–H groups in total. The molecule has 0 radical (unpaired) electrons. The Labute approximate surface area is 108 Å². The van der Waals surface area contributed by atoms with Gasteiger partial charge in [0.05, 0.1) is 0 Å². The quantitative estimate of drug-likeness (QED) is 0.829. The normalized spacial score (nSPS) is 23.1. The lowest BCUT2D eigenvalue weighted by Gasteiger charge is -2.16. The molecular formula is C14H20N2O2. The van der Waals surface area contributed by atoms with E-state index in [1.165, 1.54) is 0 Å². The number of amides is 1. The summed E-state index contributed by atoms with van der Waals surface area (Å²) in [6.07, 6.45) is 0. The fraction of sp³-hybridized carbons (Fsp3) is 0.500. The zero-order valence-corrected chi connectivity index (χ0v) is 10.9. The van der Waals surface area contributed by atoms with Crippen molar-refractivity contribution in [1.29, 1.82) is 0 Å². The van der Waals surface area contributed by atoms with Crippen LogP contribution in [0.15, 0.2) is 24.3 Å². The molecule has 1 aromatic carbocycles. The van der Waals surface area contributed by atoms with Crippen LogP contribution in [0.5, 0.6) is 5.75 Å². The average Bonchev–Trinajstić information content (AvgIpc) is 2.67. The smallest absolute Gasteiger partial charge is 0.260 e. The molecule has 0 spiro atoms. The SMILES string of the molecule is CC1CN(C(=O)COc2cccc(N)c2)CC1C. The Balaban J connectivity index is 1.85. The van der Waals surface area contributed by atoms with E-state index in [1.54, 1.807) is 18.2 Å². The van der Waals surface area contributed by atoms with Gasteiger partial charge in [0.15, 0.2) is 6.61 Å². The first-order chi connectivity index (χ1) is 8.56. The minimum absolute atomic E-state index is 0.0497. The molecular weight excluding hydrogens is 228 g/mol. The predicted molar refractivity (Wildman–Crippen MR) is 71.3 cm³/mol. The molecule has 1 fully saturated rings. The van der Waals surface area contributed by atoms with Gasteiger partial charge in [0, 0.05) is 24.8 Å². The molecule has 2 unspecified atom stereocenters. The maximum Gasteiger partial charge on any atom is 0.260 e. The van der Waals surface area contributed by atoms with E-state index >= 15 is 0 Å². The first-order valence-corrected chi connectivity index (χ1v) is 6.32. The summed E-state index contributed by atoms with van der Waals surface area (Å²) >= 11 is 0. The van der Waals surface area contributed by atoms with Crippen LogP contribution in [-0.4, -0.2) is 30.5 Å². The Kier molecular flexibility index (Phi) is 3.75. The van der Waals surface area contributed by atoms with Crippen molar-refractivity contribution in [3.63, 3.8) is 0 Å². The summed E-state index contributed by atoms with van der Waals surface area (Å²) in [6.45, 7) is 6.11. The highest BCUT2D eigenvalue weighted by Crippen LogP contribution is 2.22. The van der Waals surface area contributed by atoms with Crippen molar-refractivity contribution in [3.05, 3.63) is 24.3 Å². The standard InChI is InChI=1S/C14H20N2O2/c1-10-7-16(8-11(10)2)14(17)9-18-13-5-3-4-12(15)6-13/h3-6,10-11H,7-9,15H2,1-2H3. The Morgan fingerprint density at radius 3 is 2.67 bits per heavy atom. The fourth-order valence-electron chi connectivity index (χ4n) is 2.17. The third-order valence-electron chi connectivity index (χ3n) is 3.56. The second kappa shape index (κ2) is 5.29. The van der Waals surface area contributed by atoms with Gasteiger partial charge >= 0.3 is 0 Å². The molecule has 0 aliphatic carbocycles.